The van der Waals surface area contributed by atoms with Crippen molar-refractivity contribution in [3.05, 3.63) is 59.9 Å². The fourth-order valence-corrected chi connectivity index (χ4v) is 6.86. The Morgan fingerprint density at radius 1 is 0.955 bits per heavy atom. The smallest absolute Gasteiger partial charge is 0.407 e. The average Bonchev–Trinajstić information content (AvgIpc) is 3.79. The molecule has 0 atom stereocenters. The second-order valence-corrected chi connectivity index (χ2v) is 12.7. The summed E-state index contributed by atoms with van der Waals surface area (Å²) in [6, 6.07) is 12.3. The zero-order valence-electron chi connectivity index (χ0n) is 26.1. The molecule has 6 rings (SSSR count). The fraction of sp³-hybridized carbons (Fsp3) is 0.543. The van der Waals surface area contributed by atoms with E-state index in [-0.39, 0.29) is 17.9 Å². The lowest BCUT2D eigenvalue weighted by atomic mass is 9.79. The van der Waals surface area contributed by atoms with E-state index in [1.807, 2.05) is 36.1 Å². The van der Waals surface area contributed by atoms with Crippen LogP contribution in [0, 0.1) is 18.8 Å². The highest BCUT2D eigenvalue weighted by Crippen LogP contribution is 2.41. The molecule has 234 valence electrons. The number of benzene rings is 1. The molecule has 3 saturated carbocycles. The number of hydrogen-bond donors (Lipinski definition) is 1. The summed E-state index contributed by atoms with van der Waals surface area (Å²) in [6.07, 6.45) is 10.4. The standard InChI is InChI=1S/C35H44N4O5/c1-22-32(42-3)18-17-30(37-22)24-9-7-23(8-10-24)20-39(34(40)26-13-15-29(16-14-26)44-35(41)36-2)28-6-4-5-27(19-28)31-21-43-33(38-31)25-11-12-25/h4-6,17-19,21,23-26,29H,7-16,20H2,1-3H3,(H,36,41). The molecule has 9 heteroatoms. The SMILES string of the molecule is CNC(=O)OC1CCC(C(=O)N(CC2CCC(c3ccc(OC)c(C)n3)CC2)c2cccc(-c3coc(C4CC4)n3)c2)CC1. The van der Waals surface area contributed by atoms with Crippen LogP contribution in [0.1, 0.15) is 93.3 Å². The number of alkyl carbamates (subject to hydrolysis) is 1. The zero-order valence-corrected chi connectivity index (χ0v) is 26.1. The third-order valence-electron chi connectivity index (χ3n) is 9.65. The molecular formula is C35H44N4O5. The second kappa shape index (κ2) is 13.4. The molecule has 3 fully saturated rings. The number of anilines is 1. The molecule has 2 aromatic heterocycles. The van der Waals surface area contributed by atoms with E-state index in [0.29, 0.717) is 50.0 Å². The van der Waals surface area contributed by atoms with E-state index in [9.17, 15) is 9.59 Å². The third kappa shape index (κ3) is 6.92. The Bertz CT molecular complexity index is 1450. The fourth-order valence-electron chi connectivity index (χ4n) is 6.86. The summed E-state index contributed by atoms with van der Waals surface area (Å²) in [5.74, 6) is 2.97. The van der Waals surface area contributed by atoms with Crippen LogP contribution in [0.5, 0.6) is 5.75 Å². The number of nitrogens with zero attached hydrogens (tertiary/aromatic N) is 3. The van der Waals surface area contributed by atoms with Gasteiger partial charge in [0.2, 0.25) is 5.91 Å². The largest absolute Gasteiger partial charge is 0.495 e. The second-order valence-electron chi connectivity index (χ2n) is 12.7. The minimum Gasteiger partial charge on any atom is -0.495 e. The minimum absolute atomic E-state index is 0.0977. The summed E-state index contributed by atoms with van der Waals surface area (Å²) in [4.78, 5) is 37.6. The Morgan fingerprint density at radius 2 is 1.70 bits per heavy atom. The number of rotatable bonds is 9. The Morgan fingerprint density at radius 3 is 2.39 bits per heavy atom. The number of pyridine rings is 1. The predicted molar refractivity (Wildman–Crippen MR) is 168 cm³/mol. The molecule has 0 aliphatic heterocycles. The van der Waals surface area contributed by atoms with Crippen molar-refractivity contribution in [3.63, 3.8) is 0 Å². The van der Waals surface area contributed by atoms with Gasteiger partial charge in [-0.05, 0) is 101 Å². The van der Waals surface area contributed by atoms with Crippen molar-refractivity contribution in [1.82, 2.24) is 15.3 Å². The maximum atomic E-state index is 14.2. The topological polar surface area (TPSA) is 107 Å². The molecule has 44 heavy (non-hydrogen) atoms. The van der Waals surface area contributed by atoms with E-state index in [1.54, 1.807) is 20.4 Å². The molecule has 9 nitrogen and oxygen atoms in total. The molecule has 3 aromatic rings. The van der Waals surface area contributed by atoms with Crippen LogP contribution in [-0.2, 0) is 9.53 Å². The van der Waals surface area contributed by atoms with E-state index >= 15 is 0 Å². The van der Waals surface area contributed by atoms with Crippen molar-refractivity contribution in [3.8, 4) is 17.0 Å². The Balaban J connectivity index is 1.17. The van der Waals surface area contributed by atoms with Crippen LogP contribution in [0.15, 0.2) is 47.1 Å². The van der Waals surface area contributed by atoms with Crippen LogP contribution in [-0.4, -0.2) is 48.8 Å². The maximum absolute atomic E-state index is 14.2. The van der Waals surface area contributed by atoms with Gasteiger partial charge in [0.1, 0.15) is 23.8 Å². The Labute approximate surface area is 259 Å². The minimum atomic E-state index is -0.411. The number of carbonyl (C=O) groups excluding carboxylic acids is 2. The molecule has 3 aliphatic rings. The van der Waals surface area contributed by atoms with Gasteiger partial charge < -0.3 is 24.1 Å². The van der Waals surface area contributed by atoms with Gasteiger partial charge in [-0.1, -0.05) is 12.1 Å². The van der Waals surface area contributed by atoms with E-state index in [2.05, 4.69) is 17.4 Å². The first-order chi connectivity index (χ1) is 21.4. The van der Waals surface area contributed by atoms with Crippen LogP contribution < -0.4 is 15.0 Å². The monoisotopic (exact) mass is 600 g/mol. The molecule has 2 heterocycles. The highest BCUT2D eigenvalue weighted by molar-refractivity contribution is 5.95. The quantitative estimate of drug-likeness (QED) is 0.278. The first-order valence-corrected chi connectivity index (χ1v) is 16.2. The molecule has 1 N–H and O–H groups in total. The van der Waals surface area contributed by atoms with Crippen molar-refractivity contribution in [2.45, 2.75) is 89.1 Å². The third-order valence-corrected chi connectivity index (χ3v) is 9.65. The molecule has 0 spiro atoms. The highest BCUT2D eigenvalue weighted by Gasteiger charge is 2.34. The van der Waals surface area contributed by atoms with Gasteiger partial charge in [0, 0.05) is 48.3 Å². The number of nitrogens with one attached hydrogen (secondary N) is 1. The number of aryl methyl sites for hydroxylation is 1. The zero-order chi connectivity index (χ0) is 30.6. The highest BCUT2D eigenvalue weighted by atomic mass is 16.6. The summed E-state index contributed by atoms with van der Waals surface area (Å²) >= 11 is 0. The van der Waals surface area contributed by atoms with Gasteiger partial charge in [-0.2, -0.15) is 0 Å². The number of methoxy groups -OCH3 is 1. The summed E-state index contributed by atoms with van der Waals surface area (Å²) in [6.45, 7) is 2.68. The Hall–Kier alpha value is -3.88. The molecule has 1 aromatic carbocycles. The van der Waals surface area contributed by atoms with Crippen molar-refractivity contribution in [2.75, 3.05) is 25.6 Å². The molecule has 2 amide bonds. The van der Waals surface area contributed by atoms with Crippen molar-refractivity contribution in [2.24, 2.45) is 11.8 Å². The number of aromatic nitrogens is 2. The predicted octanol–water partition coefficient (Wildman–Crippen LogP) is 7.15. The van der Waals surface area contributed by atoms with Gasteiger partial charge >= 0.3 is 6.09 Å². The molecule has 0 saturated heterocycles. The van der Waals surface area contributed by atoms with Gasteiger partial charge in [-0.15, -0.1) is 0 Å². The van der Waals surface area contributed by atoms with Crippen LogP contribution in [0.25, 0.3) is 11.3 Å². The maximum Gasteiger partial charge on any atom is 0.407 e. The van der Waals surface area contributed by atoms with E-state index in [4.69, 9.17) is 23.9 Å². The lowest BCUT2D eigenvalue weighted by Crippen LogP contribution is -2.42. The van der Waals surface area contributed by atoms with Crippen molar-refractivity contribution < 1.29 is 23.5 Å². The van der Waals surface area contributed by atoms with Gasteiger partial charge in [0.05, 0.1) is 12.8 Å². The number of amides is 2. The Kier molecular flexibility index (Phi) is 9.19. The van der Waals surface area contributed by atoms with Crippen LogP contribution in [0.2, 0.25) is 0 Å². The first-order valence-electron chi connectivity index (χ1n) is 16.2. The molecule has 0 radical (unpaired) electrons. The van der Waals surface area contributed by atoms with Crippen LogP contribution in [0.3, 0.4) is 0 Å². The van der Waals surface area contributed by atoms with Crippen LogP contribution in [0.4, 0.5) is 10.5 Å². The first kappa shape index (κ1) is 30.2. The number of hydrogen-bond acceptors (Lipinski definition) is 7. The van der Waals surface area contributed by atoms with E-state index in [0.717, 1.165) is 78.5 Å². The lowest BCUT2D eigenvalue weighted by molar-refractivity contribution is -0.124. The number of ether oxygens (including phenoxy) is 2. The number of carbonyl (C=O) groups is 2. The summed E-state index contributed by atoms with van der Waals surface area (Å²) in [5, 5.41) is 2.52. The van der Waals surface area contributed by atoms with Gasteiger partial charge in [0.15, 0.2) is 5.89 Å². The number of oxazole rings is 1. The lowest BCUT2D eigenvalue weighted by Gasteiger charge is -2.36. The molecule has 0 bridgehead atoms. The van der Waals surface area contributed by atoms with Gasteiger partial charge in [0.25, 0.3) is 0 Å². The normalized spacial score (nSPS) is 23.5. The van der Waals surface area contributed by atoms with E-state index < -0.39 is 6.09 Å². The summed E-state index contributed by atoms with van der Waals surface area (Å²) < 4.78 is 16.7. The van der Waals surface area contributed by atoms with Crippen LogP contribution >= 0.6 is 0 Å². The summed E-state index contributed by atoms with van der Waals surface area (Å²) in [7, 11) is 3.25. The molecular weight excluding hydrogens is 556 g/mol. The van der Waals surface area contributed by atoms with Gasteiger partial charge in [-0.3, -0.25) is 9.78 Å². The van der Waals surface area contributed by atoms with Gasteiger partial charge in [-0.25, -0.2) is 9.78 Å². The van der Waals surface area contributed by atoms with Crippen molar-refractivity contribution in [1.29, 1.82) is 0 Å². The van der Waals surface area contributed by atoms with Crippen molar-refractivity contribution >= 4 is 17.7 Å². The van der Waals surface area contributed by atoms with E-state index in [1.165, 1.54) is 0 Å². The summed E-state index contributed by atoms with van der Waals surface area (Å²) in [5.41, 5.74) is 4.74. The molecule has 0 unspecified atom stereocenters. The average molecular weight is 601 g/mol. The molecule has 3 aliphatic carbocycles.